The lowest BCUT2D eigenvalue weighted by Gasteiger charge is -2.26. The third-order valence-electron chi connectivity index (χ3n) is 14.0. The van der Waals surface area contributed by atoms with Crippen molar-refractivity contribution in [2.45, 2.75) is 353 Å². The summed E-state index contributed by atoms with van der Waals surface area (Å²) < 4.78 is 0. The van der Waals surface area contributed by atoms with Crippen molar-refractivity contribution in [2.75, 3.05) is 6.61 Å². The zero-order chi connectivity index (χ0) is 45.1. The molecule has 0 fully saturated rings. The van der Waals surface area contributed by atoms with Crippen LogP contribution in [-0.4, -0.2) is 46.1 Å². The fraction of sp³-hybridized carbons (Fsp3) is 0.982. The van der Waals surface area contributed by atoms with Crippen LogP contribution in [0, 0.1) is 0 Å². The molecule has 372 valence electrons. The van der Waals surface area contributed by atoms with Gasteiger partial charge in [-0.3, -0.25) is 4.79 Å². The van der Waals surface area contributed by atoms with Gasteiger partial charge in [-0.2, -0.15) is 0 Å². The van der Waals surface area contributed by atoms with Gasteiger partial charge in [-0.05, 0) is 12.8 Å². The second-order valence-electron chi connectivity index (χ2n) is 20.2. The Bertz CT molecular complexity index is 838. The van der Waals surface area contributed by atoms with Gasteiger partial charge in [0.2, 0.25) is 5.91 Å². The molecule has 5 heteroatoms. The lowest BCUT2D eigenvalue weighted by Crippen LogP contribution is -2.50. The lowest BCUT2D eigenvalue weighted by molar-refractivity contribution is -0.124. The molecule has 3 atom stereocenters. The van der Waals surface area contributed by atoms with Crippen LogP contribution in [0.4, 0.5) is 0 Å². The van der Waals surface area contributed by atoms with E-state index in [1.165, 1.54) is 276 Å². The number of nitrogens with one attached hydrogen (secondary N) is 1. The number of amides is 1. The van der Waals surface area contributed by atoms with E-state index in [1.54, 1.807) is 0 Å². The van der Waals surface area contributed by atoms with Crippen molar-refractivity contribution >= 4 is 5.91 Å². The van der Waals surface area contributed by atoms with Gasteiger partial charge < -0.3 is 20.6 Å². The molecule has 0 bridgehead atoms. The summed E-state index contributed by atoms with van der Waals surface area (Å²) in [6.07, 6.45) is 64.0. The summed E-state index contributed by atoms with van der Waals surface area (Å²) in [5, 5.41) is 33.8. The Morgan fingerprint density at radius 2 is 0.548 bits per heavy atom. The Morgan fingerprint density at radius 1 is 0.339 bits per heavy atom. The Hall–Kier alpha value is -0.650. The predicted molar refractivity (Wildman–Crippen MR) is 273 cm³/mol. The third-order valence-corrected chi connectivity index (χ3v) is 14.0. The average Bonchev–Trinajstić information content (AvgIpc) is 3.28. The van der Waals surface area contributed by atoms with E-state index in [-0.39, 0.29) is 12.5 Å². The Labute approximate surface area is 389 Å². The van der Waals surface area contributed by atoms with Gasteiger partial charge in [-0.25, -0.2) is 0 Å². The first-order valence-corrected chi connectivity index (χ1v) is 28.8. The highest BCUT2D eigenvalue weighted by molar-refractivity contribution is 5.76. The summed E-state index contributed by atoms with van der Waals surface area (Å²) in [6, 6.07) is -0.804. The van der Waals surface area contributed by atoms with Crippen LogP contribution >= 0.6 is 0 Å². The molecule has 62 heavy (non-hydrogen) atoms. The van der Waals surface area contributed by atoms with Crippen LogP contribution < -0.4 is 5.32 Å². The van der Waals surface area contributed by atoms with Crippen molar-refractivity contribution < 1.29 is 20.1 Å². The first kappa shape index (κ1) is 61.4. The molecule has 0 rings (SSSR count). The summed E-state index contributed by atoms with van der Waals surface area (Å²) in [5.41, 5.74) is 0. The Kier molecular flexibility index (Phi) is 52.4. The molecular formula is C57H115NO4. The second kappa shape index (κ2) is 53.0. The lowest BCUT2D eigenvalue weighted by atomic mass is 9.99. The van der Waals surface area contributed by atoms with E-state index in [4.69, 9.17) is 0 Å². The topological polar surface area (TPSA) is 89.8 Å². The largest absolute Gasteiger partial charge is 0.394 e. The minimum atomic E-state index is -1.13. The van der Waals surface area contributed by atoms with Crippen LogP contribution in [0.25, 0.3) is 0 Å². The fourth-order valence-corrected chi connectivity index (χ4v) is 9.52. The maximum atomic E-state index is 12.5. The SMILES string of the molecule is CCCCCCCCCCCCCCCCCCCCCCCCCCCC(=O)NC(CO)C(O)C(O)CCCCCCCCCCCCCCCCCCCCCCCCC. The molecule has 0 aliphatic heterocycles. The van der Waals surface area contributed by atoms with Crippen LogP contribution in [0.3, 0.4) is 0 Å². The van der Waals surface area contributed by atoms with Gasteiger partial charge in [0, 0.05) is 6.42 Å². The van der Waals surface area contributed by atoms with E-state index in [9.17, 15) is 20.1 Å². The summed E-state index contributed by atoms with van der Waals surface area (Å²) in [4.78, 5) is 12.5. The van der Waals surface area contributed by atoms with E-state index in [0.29, 0.717) is 12.8 Å². The molecule has 1 amide bonds. The highest BCUT2D eigenvalue weighted by atomic mass is 16.3. The summed E-state index contributed by atoms with van der Waals surface area (Å²) in [6.45, 7) is 4.23. The molecule has 0 aliphatic carbocycles. The molecule has 0 saturated carbocycles. The highest BCUT2D eigenvalue weighted by Crippen LogP contribution is 2.19. The zero-order valence-electron chi connectivity index (χ0n) is 42.5. The zero-order valence-corrected chi connectivity index (χ0v) is 42.5. The van der Waals surface area contributed by atoms with Gasteiger partial charge in [0.25, 0.3) is 0 Å². The van der Waals surface area contributed by atoms with Gasteiger partial charge in [-0.1, -0.05) is 316 Å². The van der Waals surface area contributed by atoms with Crippen molar-refractivity contribution in [1.82, 2.24) is 5.32 Å². The van der Waals surface area contributed by atoms with Crippen LogP contribution in [0.2, 0.25) is 0 Å². The molecule has 0 spiro atoms. The highest BCUT2D eigenvalue weighted by Gasteiger charge is 2.26. The summed E-state index contributed by atoms with van der Waals surface area (Å²) in [5.74, 6) is -0.135. The number of hydrogen-bond acceptors (Lipinski definition) is 4. The summed E-state index contributed by atoms with van der Waals surface area (Å²) >= 11 is 0. The van der Waals surface area contributed by atoms with Gasteiger partial charge in [0.15, 0.2) is 0 Å². The van der Waals surface area contributed by atoms with Crippen molar-refractivity contribution in [2.24, 2.45) is 0 Å². The smallest absolute Gasteiger partial charge is 0.220 e. The van der Waals surface area contributed by atoms with Crippen molar-refractivity contribution in [3.63, 3.8) is 0 Å². The Balaban J connectivity index is 3.49. The van der Waals surface area contributed by atoms with E-state index in [0.717, 1.165) is 32.1 Å². The average molecular weight is 879 g/mol. The molecule has 0 aromatic heterocycles. The number of carbonyl (C=O) groups excluding carboxylic acids is 1. The number of unbranched alkanes of at least 4 members (excludes halogenated alkanes) is 46. The normalized spacial score (nSPS) is 13.2. The molecule has 5 nitrogen and oxygen atoms in total. The molecule has 0 aromatic carbocycles. The maximum absolute atomic E-state index is 12.5. The fourth-order valence-electron chi connectivity index (χ4n) is 9.52. The van der Waals surface area contributed by atoms with Crippen LogP contribution in [0.5, 0.6) is 0 Å². The molecule has 4 N–H and O–H groups in total. The number of aliphatic hydroxyl groups excluding tert-OH is 3. The van der Waals surface area contributed by atoms with E-state index in [1.807, 2.05) is 0 Å². The molecular weight excluding hydrogens is 763 g/mol. The molecule has 0 aliphatic rings. The van der Waals surface area contributed by atoms with Crippen molar-refractivity contribution in [3.05, 3.63) is 0 Å². The molecule has 0 aromatic rings. The number of carbonyl (C=O) groups is 1. The standard InChI is InChI=1S/C57H115NO4/c1-3-5-7-9-11-13-15-17-19-21-23-25-27-28-30-32-34-36-38-40-42-44-46-48-50-52-56(61)58-54(53-59)57(62)55(60)51-49-47-45-43-41-39-37-35-33-31-29-26-24-22-20-18-16-14-12-10-8-6-4-2/h54-55,57,59-60,62H,3-53H2,1-2H3,(H,58,61). The van der Waals surface area contributed by atoms with Crippen molar-refractivity contribution in [1.29, 1.82) is 0 Å². The predicted octanol–water partition coefficient (Wildman–Crippen LogP) is 17.7. The minimum Gasteiger partial charge on any atom is -0.394 e. The minimum absolute atomic E-state index is 0.135. The summed E-state index contributed by atoms with van der Waals surface area (Å²) in [7, 11) is 0. The molecule has 0 heterocycles. The van der Waals surface area contributed by atoms with Crippen LogP contribution in [0.1, 0.15) is 335 Å². The first-order chi connectivity index (χ1) is 30.6. The Morgan fingerprint density at radius 3 is 0.774 bits per heavy atom. The van der Waals surface area contributed by atoms with Gasteiger partial charge in [-0.15, -0.1) is 0 Å². The molecule has 3 unspecified atom stereocenters. The van der Waals surface area contributed by atoms with Crippen LogP contribution in [-0.2, 0) is 4.79 Å². The van der Waals surface area contributed by atoms with Crippen molar-refractivity contribution in [3.8, 4) is 0 Å². The second-order valence-corrected chi connectivity index (χ2v) is 20.2. The van der Waals surface area contributed by atoms with Crippen LogP contribution in [0.15, 0.2) is 0 Å². The van der Waals surface area contributed by atoms with Gasteiger partial charge in [0.1, 0.15) is 6.10 Å². The van der Waals surface area contributed by atoms with Gasteiger partial charge in [0.05, 0.1) is 18.8 Å². The monoisotopic (exact) mass is 878 g/mol. The van der Waals surface area contributed by atoms with E-state index >= 15 is 0 Å². The maximum Gasteiger partial charge on any atom is 0.220 e. The molecule has 0 radical (unpaired) electrons. The first-order valence-electron chi connectivity index (χ1n) is 28.8. The number of rotatable bonds is 54. The van der Waals surface area contributed by atoms with E-state index in [2.05, 4.69) is 19.2 Å². The van der Waals surface area contributed by atoms with Gasteiger partial charge >= 0.3 is 0 Å². The number of hydrogen-bond donors (Lipinski definition) is 4. The molecule has 0 saturated heterocycles. The number of aliphatic hydroxyl groups is 3. The quantitative estimate of drug-likeness (QED) is 0.0458. The van der Waals surface area contributed by atoms with E-state index < -0.39 is 18.2 Å². The third kappa shape index (κ3) is 47.3.